The molecule has 0 saturated heterocycles. The van der Waals surface area contributed by atoms with E-state index < -0.39 is 6.03 Å². The number of hydrogen-bond acceptors (Lipinski definition) is 4. The largest absolute Gasteiger partial charge is 0.349 e. The molecule has 24 heavy (non-hydrogen) atoms. The fraction of sp³-hybridized carbons (Fsp3) is 0.200. The van der Waals surface area contributed by atoms with Gasteiger partial charge in [-0.1, -0.05) is 29.0 Å². The molecule has 0 fully saturated rings. The number of halogens is 1. The van der Waals surface area contributed by atoms with E-state index in [1.165, 1.54) is 0 Å². The van der Waals surface area contributed by atoms with Crippen LogP contribution >= 0.6 is 11.6 Å². The smallest absolute Gasteiger partial charge is 0.336 e. The number of nitrogens with zero attached hydrogens (tertiary/aromatic N) is 2. The Labute approximate surface area is 142 Å². The molecule has 1 aromatic heterocycles. The molecule has 0 spiro atoms. The molecule has 9 heteroatoms. The number of fused-ring (bicyclic) bond motifs is 1. The Kier molecular flexibility index (Phi) is 4.48. The number of amides is 3. The van der Waals surface area contributed by atoms with Crippen LogP contribution in [0.1, 0.15) is 16.5 Å². The summed E-state index contributed by atoms with van der Waals surface area (Å²) in [6.07, 6.45) is 1.87. The first kappa shape index (κ1) is 16.0. The molecule has 0 saturated carbocycles. The van der Waals surface area contributed by atoms with Crippen LogP contribution in [0.4, 0.5) is 4.79 Å². The molecular formula is C15H15ClN6O2. The second-order valence-electron chi connectivity index (χ2n) is 5.33. The van der Waals surface area contributed by atoms with Crippen LogP contribution in [0.2, 0.25) is 5.02 Å². The van der Waals surface area contributed by atoms with E-state index in [4.69, 9.17) is 17.1 Å². The van der Waals surface area contributed by atoms with Gasteiger partial charge in [-0.3, -0.25) is 4.79 Å². The Morgan fingerprint density at radius 2 is 2.25 bits per heavy atom. The van der Waals surface area contributed by atoms with E-state index in [9.17, 15) is 9.59 Å². The van der Waals surface area contributed by atoms with Gasteiger partial charge in [0.25, 0.3) is 5.91 Å². The van der Waals surface area contributed by atoms with Crippen LogP contribution in [0.25, 0.3) is 11.1 Å². The van der Waals surface area contributed by atoms with Gasteiger partial charge in [-0.25, -0.2) is 10.2 Å². The lowest BCUT2D eigenvalue weighted by Gasteiger charge is -2.26. The lowest BCUT2D eigenvalue weighted by atomic mass is 10.1. The second kappa shape index (κ2) is 6.71. The standard InChI is InChI=1S/C15H15ClN6O2/c16-11-3-1-2-9(4-11)10-5-13-14(23)18-6-12(22(13)8-10)7-19-15(24)20-21-17/h1-5,8,12H,6-7H2,(H,18,23)(H3,17,19,20,24). The van der Waals surface area contributed by atoms with E-state index in [1.54, 1.807) is 12.1 Å². The van der Waals surface area contributed by atoms with Crippen molar-refractivity contribution in [3.8, 4) is 11.1 Å². The SMILES string of the molecule is N=NNC(=O)NCC1CNC(=O)c2cc(-c3cccc(Cl)c3)cn21. The fourth-order valence-electron chi connectivity index (χ4n) is 2.66. The van der Waals surface area contributed by atoms with Crippen LogP contribution in [0.3, 0.4) is 0 Å². The highest BCUT2D eigenvalue weighted by atomic mass is 35.5. The molecule has 1 aromatic carbocycles. The van der Waals surface area contributed by atoms with Gasteiger partial charge in [-0.15, -0.1) is 0 Å². The number of carbonyl (C=O) groups is 2. The molecule has 3 amide bonds. The van der Waals surface area contributed by atoms with Crippen molar-refractivity contribution < 1.29 is 9.59 Å². The van der Waals surface area contributed by atoms with Crippen LogP contribution < -0.4 is 16.1 Å². The van der Waals surface area contributed by atoms with Gasteiger partial charge in [0.2, 0.25) is 0 Å². The predicted octanol–water partition coefficient (Wildman–Crippen LogP) is 2.34. The Bertz CT molecular complexity index is 803. The van der Waals surface area contributed by atoms with E-state index in [0.717, 1.165) is 11.1 Å². The van der Waals surface area contributed by atoms with Gasteiger partial charge in [-0.2, -0.15) is 5.53 Å². The molecule has 4 N–H and O–H groups in total. The number of aromatic nitrogens is 1. The highest BCUT2D eigenvalue weighted by Gasteiger charge is 2.26. The molecule has 2 heterocycles. The molecule has 1 atom stereocenters. The summed E-state index contributed by atoms with van der Waals surface area (Å²) in [4.78, 5) is 23.5. The first-order valence-corrected chi connectivity index (χ1v) is 7.62. The summed E-state index contributed by atoms with van der Waals surface area (Å²) in [5.74, 6) is -0.162. The minimum atomic E-state index is -0.564. The Hall–Kier alpha value is -2.87. The third-order valence-electron chi connectivity index (χ3n) is 3.79. The lowest BCUT2D eigenvalue weighted by Crippen LogP contribution is -2.44. The van der Waals surface area contributed by atoms with Crippen LogP contribution in [0, 0.1) is 5.53 Å². The van der Waals surface area contributed by atoms with Crippen molar-refractivity contribution in [1.29, 1.82) is 5.53 Å². The maximum Gasteiger partial charge on any atom is 0.336 e. The van der Waals surface area contributed by atoms with Crippen LogP contribution in [0.5, 0.6) is 0 Å². The first-order valence-electron chi connectivity index (χ1n) is 7.25. The summed E-state index contributed by atoms with van der Waals surface area (Å²) in [6, 6.07) is 8.48. The molecule has 8 nitrogen and oxygen atoms in total. The molecule has 0 bridgehead atoms. The molecule has 3 rings (SSSR count). The van der Waals surface area contributed by atoms with E-state index >= 15 is 0 Å². The third-order valence-corrected chi connectivity index (χ3v) is 4.02. The Morgan fingerprint density at radius 1 is 1.42 bits per heavy atom. The van der Waals surface area contributed by atoms with Crippen molar-refractivity contribution in [3.63, 3.8) is 0 Å². The van der Waals surface area contributed by atoms with Gasteiger partial charge in [0.05, 0.1) is 6.04 Å². The van der Waals surface area contributed by atoms with Crippen molar-refractivity contribution in [2.24, 2.45) is 5.22 Å². The van der Waals surface area contributed by atoms with Crippen LogP contribution in [-0.2, 0) is 0 Å². The van der Waals surface area contributed by atoms with Gasteiger partial charge in [0.15, 0.2) is 0 Å². The molecule has 0 aliphatic carbocycles. The van der Waals surface area contributed by atoms with Crippen molar-refractivity contribution >= 4 is 23.5 Å². The average Bonchev–Trinajstić information content (AvgIpc) is 3.01. The third kappa shape index (κ3) is 3.23. The molecule has 1 aliphatic rings. The summed E-state index contributed by atoms with van der Waals surface area (Å²) < 4.78 is 1.84. The zero-order chi connectivity index (χ0) is 17.1. The highest BCUT2D eigenvalue weighted by molar-refractivity contribution is 6.30. The van der Waals surface area contributed by atoms with Crippen LogP contribution in [0.15, 0.2) is 41.8 Å². The van der Waals surface area contributed by atoms with E-state index in [1.807, 2.05) is 34.4 Å². The van der Waals surface area contributed by atoms with Crippen molar-refractivity contribution in [2.45, 2.75) is 6.04 Å². The van der Waals surface area contributed by atoms with Crippen LogP contribution in [-0.4, -0.2) is 29.6 Å². The zero-order valence-corrected chi connectivity index (χ0v) is 13.3. The van der Waals surface area contributed by atoms with Gasteiger partial charge < -0.3 is 15.2 Å². The predicted molar refractivity (Wildman–Crippen MR) is 87.9 cm³/mol. The second-order valence-corrected chi connectivity index (χ2v) is 5.77. The Morgan fingerprint density at radius 3 is 3.00 bits per heavy atom. The first-order chi connectivity index (χ1) is 11.6. The quantitative estimate of drug-likeness (QED) is 0.503. The van der Waals surface area contributed by atoms with Crippen molar-refractivity contribution in [3.05, 3.63) is 47.2 Å². The number of nitrogens with one attached hydrogen (secondary N) is 4. The molecular weight excluding hydrogens is 332 g/mol. The van der Waals surface area contributed by atoms with Gasteiger partial charge in [0, 0.05) is 29.9 Å². The van der Waals surface area contributed by atoms with E-state index in [2.05, 4.69) is 15.9 Å². The molecule has 1 aliphatic heterocycles. The van der Waals surface area contributed by atoms with Gasteiger partial charge in [0.1, 0.15) is 5.69 Å². The summed E-state index contributed by atoms with van der Waals surface area (Å²) in [5, 5.41) is 8.84. The summed E-state index contributed by atoms with van der Waals surface area (Å²) in [7, 11) is 0. The molecule has 2 aromatic rings. The summed E-state index contributed by atoms with van der Waals surface area (Å²) in [5.41, 5.74) is 10.9. The normalized spacial score (nSPS) is 16.0. The number of benzene rings is 1. The van der Waals surface area contributed by atoms with Crippen molar-refractivity contribution in [2.75, 3.05) is 13.1 Å². The maximum absolute atomic E-state index is 12.1. The number of urea groups is 1. The lowest BCUT2D eigenvalue weighted by molar-refractivity contribution is 0.0915. The van der Waals surface area contributed by atoms with E-state index in [-0.39, 0.29) is 18.5 Å². The van der Waals surface area contributed by atoms with Gasteiger partial charge in [-0.05, 0) is 23.8 Å². The number of hydrogen-bond donors (Lipinski definition) is 4. The minimum absolute atomic E-state index is 0.137. The number of rotatable bonds is 4. The topological polar surface area (TPSA) is 111 Å². The Balaban J connectivity index is 1.86. The summed E-state index contributed by atoms with van der Waals surface area (Å²) >= 11 is 6.03. The fourth-order valence-corrected chi connectivity index (χ4v) is 2.85. The maximum atomic E-state index is 12.1. The zero-order valence-electron chi connectivity index (χ0n) is 12.5. The average molecular weight is 347 g/mol. The van der Waals surface area contributed by atoms with Gasteiger partial charge >= 0.3 is 6.03 Å². The molecule has 0 radical (unpaired) electrons. The van der Waals surface area contributed by atoms with Crippen molar-refractivity contribution in [1.82, 2.24) is 20.6 Å². The van der Waals surface area contributed by atoms with E-state index in [0.29, 0.717) is 17.3 Å². The highest BCUT2D eigenvalue weighted by Crippen LogP contribution is 2.28. The molecule has 124 valence electrons. The molecule has 1 unspecified atom stereocenters. The minimum Gasteiger partial charge on any atom is -0.349 e. The number of carbonyl (C=O) groups excluding carboxylic acids is 2. The monoisotopic (exact) mass is 346 g/mol. The summed E-state index contributed by atoms with van der Waals surface area (Å²) in [6.45, 7) is 0.687.